The summed E-state index contributed by atoms with van der Waals surface area (Å²) in [5.41, 5.74) is 0.516. The molecule has 1 aromatic rings. The van der Waals surface area contributed by atoms with Gasteiger partial charge in [0.2, 0.25) is 0 Å². The monoisotopic (exact) mass is 331 g/mol. The third-order valence-electron chi connectivity index (χ3n) is 2.06. The minimum Gasteiger partial charge on any atom is -0.329 e. The highest BCUT2D eigenvalue weighted by Gasteiger charge is 2.38. The van der Waals surface area contributed by atoms with Crippen LogP contribution in [-0.2, 0) is 9.63 Å². The van der Waals surface area contributed by atoms with Crippen LogP contribution in [0.3, 0.4) is 0 Å². The maximum atomic E-state index is 11.7. The number of alkyl halides is 1. The number of carbonyl (C=O) groups excluding carboxylic acids is 3. The van der Waals surface area contributed by atoms with Gasteiger partial charge in [0.1, 0.15) is 4.43 Å². The van der Waals surface area contributed by atoms with Gasteiger partial charge in [-0.3, -0.25) is 9.59 Å². The summed E-state index contributed by atoms with van der Waals surface area (Å²) in [6.45, 7) is 0. The number of hydroxylamine groups is 2. The smallest absolute Gasteiger partial charge is 0.329 e. The van der Waals surface area contributed by atoms with E-state index in [1.165, 1.54) is 12.1 Å². The molecule has 1 aliphatic rings. The van der Waals surface area contributed by atoms with Crippen LogP contribution in [0, 0.1) is 0 Å². The van der Waals surface area contributed by atoms with E-state index in [0.29, 0.717) is 5.06 Å². The number of imide groups is 1. The highest BCUT2D eigenvalue weighted by atomic mass is 127. The number of fused-ring (bicyclic) bond motifs is 1. The normalized spacial score (nSPS) is 13.9. The molecule has 0 spiro atoms. The number of halogens is 1. The van der Waals surface area contributed by atoms with Gasteiger partial charge in [-0.15, -0.1) is 0 Å². The molecular weight excluding hydrogens is 325 g/mol. The Hall–Kier alpha value is -1.44. The molecule has 82 valence electrons. The molecule has 6 heteroatoms. The minimum atomic E-state index is -0.630. The molecule has 0 bridgehead atoms. The molecule has 0 radical (unpaired) electrons. The molecule has 0 unspecified atom stereocenters. The summed E-state index contributed by atoms with van der Waals surface area (Å²) in [5, 5.41) is 0.506. The number of rotatable bonds is 2. The summed E-state index contributed by atoms with van der Waals surface area (Å²) in [6.07, 6.45) is 0. The van der Waals surface area contributed by atoms with E-state index in [0.717, 1.165) is 0 Å². The van der Waals surface area contributed by atoms with Crippen molar-refractivity contribution >= 4 is 40.4 Å². The van der Waals surface area contributed by atoms with Gasteiger partial charge in [0.25, 0.3) is 11.8 Å². The van der Waals surface area contributed by atoms with Crippen molar-refractivity contribution in [1.82, 2.24) is 5.06 Å². The Bertz CT molecular complexity index is 450. The van der Waals surface area contributed by atoms with Gasteiger partial charge in [-0.25, -0.2) is 4.79 Å². The van der Waals surface area contributed by atoms with Gasteiger partial charge in [0.05, 0.1) is 11.1 Å². The van der Waals surface area contributed by atoms with Gasteiger partial charge in [-0.2, -0.15) is 0 Å². The van der Waals surface area contributed by atoms with Crippen molar-refractivity contribution in [2.75, 3.05) is 4.43 Å². The molecule has 0 aliphatic carbocycles. The Balaban J connectivity index is 2.32. The largest absolute Gasteiger partial charge is 0.342 e. The van der Waals surface area contributed by atoms with Crippen LogP contribution in [0.4, 0.5) is 0 Å². The molecule has 0 atom stereocenters. The molecule has 0 N–H and O–H groups in total. The fourth-order valence-electron chi connectivity index (χ4n) is 1.38. The predicted octanol–water partition coefficient (Wildman–Crippen LogP) is 1.18. The summed E-state index contributed by atoms with van der Waals surface area (Å²) < 4.78 is 0.0746. The first-order chi connectivity index (χ1) is 7.65. The molecule has 0 fully saturated rings. The summed E-state index contributed by atoms with van der Waals surface area (Å²) >= 11 is 1.79. The van der Waals surface area contributed by atoms with Crippen molar-refractivity contribution in [3.63, 3.8) is 0 Å². The van der Waals surface area contributed by atoms with Gasteiger partial charge in [-0.1, -0.05) is 39.8 Å². The second-order valence-corrected chi connectivity index (χ2v) is 3.81. The maximum Gasteiger partial charge on any atom is 0.342 e. The van der Waals surface area contributed by atoms with Gasteiger partial charge in [0, 0.05) is 0 Å². The molecule has 0 aromatic heterocycles. The second kappa shape index (κ2) is 4.20. The lowest BCUT2D eigenvalue weighted by atomic mass is 10.1. The number of carbonyl (C=O) groups is 3. The maximum absolute atomic E-state index is 11.7. The van der Waals surface area contributed by atoms with Crippen LogP contribution in [0.25, 0.3) is 0 Å². The van der Waals surface area contributed by atoms with E-state index >= 15 is 0 Å². The van der Waals surface area contributed by atoms with Crippen molar-refractivity contribution in [1.29, 1.82) is 0 Å². The zero-order chi connectivity index (χ0) is 11.7. The van der Waals surface area contributed by atoms with E-state index in [9.17, 15) is 14.4 Å². The minimum absolute atomic E-state index is 0.0746. The lowest BCUT2D eigenvalue weighted by Gasteiger charge is -2.11. The highest BCUT2D eigenvalue weighted by Crippen LogP contribution is 2.22. The molecule has 2 rings (SSSR count). The van der Waals surface area contributed by atoms with Gasteiger partial charge in [0.15, 0.2) is 0 Å². The van der Waals surface area contributed by atoms with E-state index in [-0.39, 0.29) is 15.6 Å². The molecule has 1 aliphatic heterocycles. The van der Waals surface area contributed by atoms with E-state index in [2.05, 4.69) is 4.84 Å². The number of benzene rings is 1. The Labute approximate surface area is 104 Å². The quantitative estimate of drug-likeness (QED) is 0.464. The molecule has 0 saturated carbocycles. The van der Waals surface area contributed by atoms with Crippen molar-refractivity contribution in [3.05, 3.63) is 35.4 Å². The fourth-order valence-corrected chi connectivity index (χ4v) is 1.52. The Kier molecular flexibility index (Phi) is 2.90. The van der Waals surface area contributed by atoms with Crippen LogP contribution < -0.4 is 0 Å². The zero-order valence-electron chi connectivity index (χ0n) is 7.97. The first-order valence-corrected chi connectivity index (χ1v) is 5.92. The predicted molar refractivity (Wildman–Crippen MR) is 61.9 cm³/mol. The highest BCUT2D eigenvalue weighted by molar-refractivity contribution is 14.1. The third-order valence-corrected chi connectivity index (χ3v) is 2.68. The standard InChI is InChI=1S/C10H6INO4/c11-5-8(13)16-12-9(14)6-3-1-2-4-7(6)10(12)15/h1-4H,5H2. The first-order valence-electron chi connectivity index (χ1n) is 4.39. The average molecular weight is 331 g/mol. The second-order valence-electron chi connectivity index (χ2n) is 3.05. The SMILES string of the molecule is O=C(CI)ON1C(=O)c2ccccc2C1=O. The lowest BCUT2D eigenvalue weighted by Crippen LogP contribution is -2.33. The zero-order valence-corrected chi connectivity index (χ0v) is 10.1. The van der Waals surface area contributed by atoms with Crippen LogP contribution in [0.2, 0.25) is 0 Å². The Morgan fingerprint density at radius 1 is 1.19 bits per heavy atom. The Morgan fingerprint density at radius 3 is 2.12 bits per heavy atom. The van der Waals surface area contributed by atoms with Gasteiger partial charge >= 0.3 is 5.97 Å². The van der Waals surface area contributed by atoms with Crippen LogP contribution in [-0.4, -0.2) is 27.3 Å². The van der Waals surface area contributed by atoms with Gasteiger partial charge in [-0.05, 0) is 12.1 Å². The molecular formula is C10H6INO4. The third kappa shape index (κ3) is 1.69. The number of hydrogen-bond donors (Lipinski definition) is 0. The van der Waals surface area contributed by atoms with Crippen molar-refractivity contribution < 1.29 is 19.2 Å². The first kappa shape index (κ1) is 11.1. The van der Waals surface area contributed by atoms with Crippen LogP contribution in [0.5, 0.6) is 0 Å². The molecule has 0 saturated heterocycles. The van der Waals surface area contributed by atoms with Gasteiger partial charge < -0.3 is 4.84 Å². The van der Waals surface area contributed by atoms with Crippen LogP contribution in [0.15, 0.2) is 24.3 Å². The molecule has 5 nitrogen and oxygen atoms in total. The fraction of sp³-hybridized carbons (Fsp3) is 0.100. The summed E-state index contributed by atoms with van der Waals surface area (Å²) in [4.78, 5) is 39.1. The molecule has 2 amide bonds. The van der Waals surface area contributed by atoms with E-state index in [1.807, 2.05) is 0 Å². The van der Waals surface area contributed by atoms with Crippen molar-refractivity contribution in [2.24, 2.45) is 0 Å². The van der Waals surface area contributed by atoms with Crippen LogP contribution >= 0.6 is 22.6 Å². The van der Waals surface area contributed by atoms with E-state index in [4.69, 9.17) is 0 Å². The van der Waals surface area contributed by atoms with Crippen molar-refractivity contribution in [2.45, 2.75) is 0 Å². The van der Waals surface area contributed by atoms with E-state index < -0.39 is 17.8 Å². The lowest BCUT2D eigenvalue weighted by molar-refractivity contribution is -0.164. The molecule has 1 heterocycles. The number of amides is 2. The van der Waals surface area contributed by atoms with Crippen molar-refractivity contribution in [3.8, 4) is 0 Å². The van der Waals surface area contributed by atoms with Crippen LogP contribution in [0.1, 0.15) is 20.7 Å². The number of nitrogens with zero attached hydrogens (tertiary/aromatic N) is 1. The topological polar surface area (TPSA) is 63.7 Å². The Morgan fingerprint density at radius 2 is 1.69 bits per heavy atom. The number of hydrogen-bond acceptors (Lipinski definition) is 4. The molecule has 1 aromatic carbocycles. The molecule has 16 heavy (non-hydrogen) atoms. The average Bonchev–Trinajstić information content (AvgIpc) is 2.55. The summed E-state index contributed by atoms with van der Waals surface area (Å²) in [5.74, 6) is -1.83. The summed E-state index contributed by atoms with van der Waals surface area (Å²) in [6, 6.07) is 6.34. The van der Waals surface area contributed by atoms with E-state index in [1.54, 1.807) is 34.7 Å². The summed E-state index contributed by atoms with van der Waals surface area (Å²) in [7, 11) is 0.